The van der Waals surface area contributed by atoms with Gasteiger partial charge in [0.1, 0.15) is 0 Å². The number of rotatable bonds is 8. The summed E-state index contributed by atoms with van der Waals surface area (Å²) in [6.07, 6.45) is 5.48. The summed E-state index contributed by atoms with van der Waals surface area (Å²) in [6.45, 7) is 3.70. The van der Waals surface area contributed by atoms with Crippen LogP contribution < -0.4 is 9.47 Å². The van der Waals surface area contributed by atoms with Crippen LogP contribution >= 0.6 is 11.6 Å². The van der Waals surface area contributed by atoms with Gasteiger partial charge in [0.2, 0.25) is 5.91 Å². The highest BCUT2D eigenvalue weighted by molar-refractivity contribution is 6.32. The third-order valence-corrected chi connectivity index (χ3v) is 5.64. The Kier molecular flexibility index (Phi) is 8.13. The summed E-state index contributed by atoms with van der Waals surface area (Å²) < 4.78 is 11.0. The van der Waals surface area contributed by atoms with E-state index in [4.69, 9.17) is 21.1 Å². The molecule has 0 atom stereocenters. The fourth-order valence-electron chi connectivity index (χ4n) is 3.65. The molecule has 0 aliphatic carbocycles. The molecule has 0 radical (unpaired) electrons. The fourth-order valence-corrected chi connectivity index (χ4v) is 3.93. The van der Waals surface area contributed by atoms with Crippen LogP contribution in [0.1, 0.15) is 42.1 Å². The molecule has 0 aromatic heterocycles. The van der Waals surface area contributed by atoms with Crippen LogP contribution in [0.3, 0.4) is 0 Å². The maximum atomic E-state index is 12.6. The Morgan fingerprint density at radius 3 is 2.52 bits per heavy atom. The van der Waals surface area contributed by atoms with Crippen molar-refractivity contribution in [1.29, 1.82) is 0 Å². The van der Waals surface area contributed by atoms with E-state index in [0.29, 0.717) is 49.1 Å². The SMILES string of the molecule is CCCOc1c(Cl)cc(/C=C/C(=O)N2CCC(C(=O)c3ccccc3)CC2)cc1OC. The lowest BCUT2D eigenvalue weighted by atomic mass is 9.89. The van der Waals surface area contributed by atoms with Crippen molar-refractivity contribution in [3.05, 3.63) is 64.7 Å². The first-order chi connectivity index (χ1) is 15.0. The Morgan fingerprint density at radius 2 is 1.87 bits per heavy atom. The summed E-state index contributed by atoms with van der Waals surface area (Å²) in [5.41, 5.74) is 1.50. The van der Waals surface area contributed by atoms with E-state index in [2.05, 4.69) is 0 Å². The highest BCUT2D eigenvalue weighted by atomic mass is 35.5. The number of amides is 1. The van der Waals surface area contributed by atoms with E-state index >= 15 is 0 Å². The number of hydrogen-bond donors (Lipinski definition) is 0. The second-order valence-corrected chi connectivity index (χ2v) is 7.95. The standard InChI is InChI=1S/C25H28ClNO4/c1-3-15-31-25-21(26)16-18(17-22(25)30-2)9-10-23(28)27-13-11-20(12-14-27)24(29)19-7-5-4-6-8-19/h4-10,16-17,20H,3,11-15H2,1-2H3/b10-9+. The Morgan fingerprint density at radius 1 is 1.16 bits per heavy atom. The van der Waals surface area contributed by atoms with Crippen molar-refractivity contribution >= 4 is 29.4 Å². The summed E-state index contributed by atoms with van der Waals surface area (Å²) in [4.78, 5) is 27.0. The number of ether oxygens (including phenoxy) is 2. The highest BCUT2D eigenvalue weighted by Crippen LogP contribution is 2.37. The van der Waals surface area contributed by atoms with Crippen LogP contribution in [0.4, 0.5) is 0 Å². The highest BCUT2D eigenvalue weighted by Gasteiger charge is 2.27. The number of ketones is 1. The van der Waals surface area contributed by atoms with Gasteiger partial charge in [-0.1, -0.05) is 48.9 Å². The van der Waals surface area contributed by atoms with E-state index in [1.807, 2.05) is 37.3 Å². The third kappa shape index (κ3) is 5.88. The molecule has 0 N–H and O–H groups in total. The van der Waals surface area contributed by atoms with Crippen molar-refractivity contribution in [1.82, 2.24) is 4.90 Å². The van der Waals surface area contributed by atoms with Crippen LogP contribution in [-0.4, -0.2) is 43.4 Å². The number of hydrogen-bond acceptors (Lipinski definition) is 4. The Bertz CT molecular complexity index is 934. The zero-order valence-electron chi connectivity index (χ0n) is 18.0. The van der Waals surface area contributed by atoms with Gasteiger partial charge in [0.25, 0.3) is 0 Å². The Labute approximate surface area is 188 Å². The predicted molar refractivity (Wildman–Crippen MR) is 123 cm³/mol. The number of carbonyl (C=O) groups excluding carboxylic acids is 2. The Hall–Kier alpha value is -2.79. The van der Waals surface area contributed by atoms with Gasteiger partial charge in [0.15, 0.2) is 17.3 Å². The van der Waals surface area contributed by atoms with Gasteiger partial charge in [-0.15, -0.1) is 0 Å². The minimum absolute atomic E-state index is 0.0332. The molecule has 5 nitrogen and oxygen atoms in total. The average Bonchev–Trinajstić information content (AvgIpc) is 2.81. The van der Waals surface area contributed by atoms with Crippen LogP contribution in [0.5, 0.6) is 11.5 Å². The predicted octanol–water partition coefficient (Wildman–Crippen LogP) is 5.27. The van der Waals surface area contributed by atoms with Crippen molar-refractivity contribution in [2.24, 2.45) is 5.92 Å². The molecule has 1 fully saturated rings. The van der Waals surface area contributed by atoms with Crippen molar-refractivity contribution in [3.8, 4) is 11.5 Å². The van der Waals surface area contributed by atoms with Crippen LogP contribution in [0.2, 0.25) is 5.02 Å². The number of benzene rings is 2. The first-order valence-electron chi connectivity index (χ1n) is 10.6. The van der Waals surface area contributed by atoms with E-state index in [0.717, 1.165) is 17.5 Å². The molecular formula is C25H28ClNO4. The maximum Gasteiger partial charge on any atom is 0.246 e. The fraction of sp³-hybridized carbons (Fsp3) is 0.360. The largest absolute Gasteiger partial charge is 0.493 e. The minimum atomic E-state index is -0.0768. The number of carbonyl (C=O) groups is 2. The van der Waals surface area contributed by atoms with Gasteiger partial charge in [-0.05, 0) is 43.0 Å². The summed E-state index contributed by atoms with van der Waals surface area (Å²) in [5, 5.41) is 0.445. The van der Waals surface area contributed by atoms with Gasteiger partial charge in [-0.2, -0.15) is 0 Å². The molecule has 164 valence electrons. The monoisotopic (exact) mass is 441 g/mol. The van der Waals surface area contributed by atoms with Gasteiger partial charge in [0, 0.05) is 30.6 Å². The lowest BCUT2D eigenvalue weighted by Crippen LogP contribution is -2.39. The summed E-state index contributed by atoms with van der Waals surface area (Å²) in [7, 11) is 1.56. The molecule has 0 saturated carbocycles. The molecule has 1 heterocycles. The second-order valence-electron chi connectivity index (χ2n) is 7.55. The zero-order valence-corrected chi connectivity index (χ0v) is 18.7. The second kappa shape index (κ2) is 11.0. The van der Waals surface area contributed by atoms with E-state index in [9.17, 15) is 9.59 Å². The quantitative estimate of drug-likeness (QED) is 0.413. The topological polar surface area (TPSA) is 55.8 Å². The number of methoxy groups -OCH3 is 1. The molecular weight excluding hydrogens is 414 g/mol. The number of nitrogens with zero attached hydrogens (tertiary/aromatic N) is 1. The third-order valence-electron chi connectivity index (χ3n) is 5.36. The van der Waals surface area contributed by atoms with Crippen molar-refractivity contribution in [2.45, 2.75) is 26.2 Å². The van der Waals surface area contributed by atoms with Crippen molar-refractivity contribution in [2.75, 3.05) is 26.8 Å². The smallest absolute Gasteiger partial charge is 0.246 e. The summed E-state index contributed by atoms with van der Waals surface area (Å²) in [5.74, 6) is 1.10. The average molecular weight is 442 g/mol. The molecule has 1 aliphatic rings. The van der Waals surface area contributed by atoms with Gasteiger partial charge >= 0.3 is 0 Å². The normalized spacial score (nSPS) is 14.6. The van der Waals surface area contributed by atoms with Crippen molar-refractivity contribution < 1.29 is 19.1 Å². The van der Waals surface area contributed by atoms with Gasteiger partial charge in [0.05, 0.1) is 18.7 Å². The molecule has 3 rings (SSSR count). The molecule has 2 aromatic rings. The molecule has 31 heavy (non-hydrogen) atoms. The minimum Gasteiger partial charge on any atom is -0.493 e. The molecule has 1 aliphatic heterocycles. The van der Waals surface area contributed by atoms with Crippen LogP contribution in [0.15, 0.2) is 48.5 Å². The molecule has 2 aromatic carbocycles. The van der Waals surface area contributed by atoms with Crippen LogP contribution in [0.25, 0.3) is 6.08 Å². The first-order valence-corrected chi connectivity index (χ1v) is 11.0. The molecule has 1 saturated heterocycles. The van der Waals surface area contributed by atoms with E-state index in [-0.39, 0.29) is 17.6 Å². The number of likely N-dealkylation sites (tertiary alicyclic amines) is 1. The summed E-state index contributed by atoms with van der Waals surface area (Å²) >= 11 is 6.34. The van der Waals surface area contributed by atoms with E-state index < -0.39 is 0 Å². The lowest BCUT2D eigenvalue weighted by molar-refractivity contribution is -0.127. The van der Waals surface area contributed by atoms with Crippen LogP contribution in [-0.2, 0) is 4.79 Å². The molecule has 1 amide bonds. The van der Waals surface area contributed by atoms with Gasteiger partial charge in [-0.3, -0.25) is 9.59 Å². The Balaban J connectivity index is 1.59. The van der Waals surface area contributed by atoms with Crippen LogP contribution in [0, 0.1) is 5.92 Å². The number of halogens is 1. The van der Waals surface area contributed by atoms with Gasteiger partial charge in [-0.25, -0.2) is 0 Å². The number of Topliss-reactive ketones (excluding diaryl/α,β-unsaturated/α-hetero) is 1. The molecule has 0 bridgehead atoms. The van der Waals surface area contributed by atoms with Crippen molar-refractivity contribution in [3.63, 3.8) is 0 Å². The molecule has 0 spiro atoms. The maximum absolute atomic E-state index is 12.6. The van der Waals surface area contributed by atoms with Gasteiger partial charge < -0.3 is 14.4 Å². The molecule has 0 unspecified atom stereocenters. The lowest BCUT2D eigenvalue weighted by Gasteiger charge is -2.30. The molecule has 6 heteroatoms. The summed E-state index contributed by atoms with van der Waals surface area (Å²) in [6, 6.07) is 12.9. The number of piperidine rings is 1. The van der Waals surface area contributed by atoms with E-state index in [1.165, 1.54) is 6.08 Å². The zero-order chi connectivity index (χ0) is 22.2. The van der Waals surface area contributed by atoms with E-state index in [1.54, 1.807) is 30.2 Å². The first kappa shape index (κ1) is 22.9.